The van der Waals surface area contributed by atoms with Crippen LogP contribution in [0.5, 0.6) is 0 Å². The van der Waals surface area contributed by atoms with Gasteiger partial charge in [0.2, 0.25) is 0 Å². The van der Waals surface area contributed by atoms with Crippen molar-refractivity contribution in [1.82, 2.24) is 14.8 Å². The molecule has 0 radical (unpaired) electrons. The van der Waals surface area contributed by atoms with E-state index < -0.39 is 11.7 Å². The summed E-state index contributed by atoms with van der Waals surface area (Å²) in [6, 6.07) is 7.40. The molecule has 0 saturated carbocycles. The van der Waals surface area contributed by atoms with Gasteiger partial charge in [-0.25, -0.2) is 9.37 Å². The van der Waals surface area contributed by atoms with Gasteiger partial charge in [-0.2, -0.15) is 18.2 Å². The maximum atomic E-state index is 13.8. The summed E-state index contributed by atoms with van der Waals surface area (Å²) in [6.07, 6.45) is -0.289. The highest BCUT2D eigenvalue weighted by Crippen LogP contribution is 2.35. The van der Waals surface area contributed by atoms with Crippen molar-refractivity contribution < 1.29 is 17.6 Å². The number of nitrogens with two attached hydrogens (primary N) is 1. The maximum absolute atomic E-state index is 13.8. The number of hydrogen-bond donors (Lipinski definition) is 1. The predicted octanol–water partition coefficient (Wildman–Crippen LogP) is 4.63. The van der Waals surface area contributed by atoms with Gasteiger partial charge in [-0.1, -0.05) is 12.6 Å². The Hall–Kier alpha value is -3.56. The zero-order valence-corrected chi connectivity index (χ0v) is 20.4. The topological polar surface area (TPSA) is 61.0 Å². The molecule has 1 aromatic heterocycles. The van der Waals surface area contributed by atoms with E-state index in [0.717, 1.165) is 24.6 Å². The summed E-state index contributed by atoms with van der Waals surface area (Å²) in [7, 11) is 0. The second kappa shape index (κ2) is 10.2. The lowest BCUT2D eigenvalue weighted by Gasteiger charge is -2.41. The highest BCUT2D eigenvalue weighted by Gasteiger charge is 2.36. The molecule has 1 aromatic carbocycles. The zero-order valence-electron chi connectivity index (χ0n) is 20.4. The molecule has 0 aliphatic carbocycles. The normalized spacial score (nSPS) is 19.4. The van der Waals surface area contributed by atoms with E-state index in [1.807, 2.05) is 9.80 Å². The Morgan fingerprint density at radius 3 is 2.47 bits per heavy atom. The number of guanidine groups is 1. The summed E-state index contributed by atoms with van der Waals surface area (Å²) in [4.78, 5) is 14.3. The summed E-state index contributed by atoms with van der Waals surface area (Å²) in [6.45, 7) is 10.2. The number of piperazine rings is 1. The molecule has 1 unspecified atom stereocenters. The first-order valence-electron chi connectivity index (χ1n) is 11.8. The highest BCUT2D eigenvalue weighted by atomic mass is 19.4. The van der Waals surface area contributed by atoms with Crippen LogP contribution in [0.25, 0.3) is 5.57 Å². The van der Waals surface area contributed by atoms with Crippen LogP contribution in [0.2, 0.25) is 0 Å². The Kier molecular flexibility index (Phi) is 7.23. The monoisotopic (exact) mass is 502 g/mol. The van der Waals surface area contributed by atoms with Gasteiger partial charge in [-0.3, -0.25) is 0 Å². The lowest BCUT2D eigenvalue weighted by Crippen LogP contribution is -2.53. The van der Waals surface area contributed by atoms with Crippen LogP contribution >= 0.6 is 0 Å². The first kappa shape index (κ1) is 25.5. The molecule has 4 rings (SSSR count). The van der Waals surface area contributed by atoms with E-state index in [2.05, 4.69) is 18.5 Å². The fraction of sp³-hybridized carbons (Fsp3) is 0.385. The lowest BCUT2D eigenvalue weighted by molar-refractivity contribution is -0.137. The zero-order chi connectivity index (χ0) is 26.0. The number of nitrogens with zero attached hydrogens (tertiary/aromatic N) is 5. The van der Waals surface area contributed by atoms with Crippen LogP contribution in [-0.2, 0) is 6.18 Å². The predicted molar refractivity (Wildman–Crippen MR) is 134 cm³/mol. The van der Waals surface area contributed by atoms with Crippen molar-refractivity contribution in [1.29, 1.82) is 0 Å². The molecule has 2 fully saturated rings. The van der Waals surface area contributed by atoms with E-state index in [1.54, 1.807) is 30.0 Å². The van der Waals surface area contributed by atoms with Gasteiger partial charge in [0.25, 0.3) is 0 Å². The lowest BCUT2D eigenvalue weighted by atomic mass is 10.0. The van der Waals surface area contributed by atoms with Crippen LogP contribution in [0.4, 0.5) is 23.4 Å². The minimum Gasteiger partial charge on any atom is -0.369 e. The SMILES string of the molecule is C=C(/C=C(\N=C(/N)N1CCC1C)N1CCN(c2ncccc2C(F)(F)F)CC1)c1ccc(F)c(C)c1. The van der Waals surface area contributed by atoms with Crippen molar-refractivity contribution in [3.63, 3.8) is 0 Å². The maximum Gasteiger partial charge on any atom is 0.419 e. The molecule has 2 N–H and O–H groups in total. The van der Waals surface area contributed by atoms with Crippen LogP contribution in [0.3, 0.4) is 0 Å². The quantitative estimate of drug-likeness (QED) is 0.280. The van der Waals surface area contributed by atoms with Gasteiger partial charge >= 0.3 is 6.18 Å². The average molecular weight is 503 g/mol. The molecule has 0 bridgehead atoms. The van der Waals surface area contributed by atoms with Crippen LogP contribution in [-0.4, -0.2) is 59.5 Å². The van der Waals surface area contributed by atoms with Crippen molar-refractivity contribution in [2.75, 3.05) is 37.6 Å². The van der Waals surface area contributed by atoms with Gasteiger partial charge in [-0.15, -0.1) is 0 Å². The van der Waals surface area contributed by atoms with E-state index in [1.165, 1.54) is 18.3 Å². The van der Waals surface area contributed by atoms with Gasteiger partial charge in [0.05, 0.1) is 5.56 Å². The third-order valence-corrected chi connectivity index (χ3v) is 6.67. The molecule has 3 heterocycles. The van der Waals surface area contributed by atoms with E-state index in [9.17, 15) is 17.6 Å². The largest absolute Gasteiger partial charge is 0.419 e. The second-order valence-corrected chi connectivity index (χ2v) is 9.14. The molecule has 0 amide bonds. The number of pyridine rings is 1. The minimum absolute atomic E-state index is 0.0706. The van der Waals surface area contributed by atoms with Gasteiger partial charge < -0.3 is 20.4 Å². The molecule has 10 heteroatoms. The third kappa shape index (κ3) is 5.47. The molecular weight excluding hydrogens is 472 g/mol. The summed E-state index contributed by atoms with van der Waals surface area (Å²) in [5, 5.41) is 0. The number of alkyl halides is 3. The van der Waals surface area contributed by atoms with Gasteiger partial charge in [0, 0.05) is 45.0 Å². The van der Waals surface area contributed by atoms with Crippen molar-refractivity contribution in [3.05, 3.63) is 77.5 Å². The molecule has 1 atom stereocenters. The molecule has 2 aliphatic rings. The summed E-state index contributed by atoms with van der Waals surface area (Å²) < 4.78 is 54.3. The molecule has 192 valence electrons. The molecular formula is C26H30F4N6. The van der Waals surface area contributed by atoms with Crippen molar-refractivity contribution in [2.45, 2.75) is 32.5 Å². The van der Waals surface area contributed by atoms with E-state index in [4.69, 9.17) is 10.7 Å². The van der Waals surface area contributed by atoms with E-state index >= 15 is 0 Å². The Morgan fingerprint density at radius 1 is 1.17 bits per heavy atom. The number of halogens is 4. The number of likely N-dealkylation sites (tertiary alicyclic amines) is 1. The number of aromatic nitrogens is 1. The van der Waals surface area contributed by atoms with Crippen LogP contribution in [0.1, 0.15) is 30.0 Å². The van der Waals surface area contributed by atoms with Crippen LogP contribution in [0, 0.1) is 12.7 Å². The van der Waals surface area contributed by atoms with Gasteiger partial charge in [0.1, 0.15) is 17.5 Å². The Morgan fingerprint density at radius 2 is 1.89 bits per heavy atom. The van der Waals surface area contributed by atoms with E-state index in [-0.39, 0.29) is 11.6 Å². The van der Waals surface area contributed by atoms with Crippen LogP contribution in [0.15, 0.2) is 60.0 Å². The molecule has 6 nitrogen and oxygen atoms in total. The van der Waals surface area contributed by atoms with Gasteiger partial charge in [-0.05, 0) is 67.3 Å². The Labute approximate surface area is 208 Å². The van der Waals surface area contributed by atoms with Crippen molar-refractivity contribution in [3.8, 4) is 0 Å². The standard InChI is InChI=1S/C26H30F4N6/c1-17(20-6-7-22(27)18(2)15-20)16-23(33-25(31)36-10-8-19(36)3)34-11-13-35(14-12-34)24-21(26(28,29)30)5-4-9-32-24/h4-7,9,15-16,19H,1,8,10-14H2,2-3H3,(H2,31,33)/b23-16+. The number of hydrogen-bond acceptors (Lipinski definition) is 4. The molecule has 2 aromatic rings. The number of allylic oxidation sites excluding steroid dienone is 2. The first-order chi connectivity index (χ1) is 17.0. The molecule has 0 spiro atoms. The smallest absolute Gasteiger partial charge is 0.369 e. The van der Waals surface area contributed by atoms with Crippen LogP contribution < -0.4 is 10.6 Å². The fourth-order valence-corrected chi connectivity index (χ4v) is 4.33. The summed E-state index contributed by atoms with van der Waals surface area (Å²) in [5.74, 6) is 0.581. The number of benzene rings is 1. The van der Waals surface area contributed by atoms with Crippen molar-refractivity contribution in [2.24, 2.45) is 10.7 Å². The molecule has 2 aliphatic heterocycles. The number of aryl methyl sites for hydroxylation is 1. The Balaban J connectivity index is 1.58. The summed E-state index contributed by atoms with van der Waals surface area (Å²) >= 11 is 0. The molecule has 36 heavy (non-hydrogen) atoms. The van der Waals surface area contributed by atoms with Crippen molar-refractivity contribution >= 4 is 17.4 Å². The Bertz CT molecular complexity index is 1180. The second-order valence-electron chi connectivity index (χ2n) is 9.14. The average Bonchev–Trinajstić information content (AvgIpc) is 2.83. The number of rotatable bonds is 5. The van der Waals surface area contributed by atoms with Gasteiger partial charge in [0.15, 0.2) is 5.96 Å². The number of anilines is 1. The summed E-state index contributed by atoms with van der Waals surface area (Å²) in [5.41, 5.74) is 7.45. The number of aliphatic imine (C=N–C) groups is 1. The highest BCUT2D eigenvalue weighted by molar-refractivity contribution is 5.81. The fourth-order valence-electron chi connectivity index (χ4n) is 4.33. The third-order valence-electron chi connectivity index (χ3n) is 6.67. The minimum atomic E-state index is -4.48. The first-order valence-corrected chi connectivity index (χ1v) is 11.8. The van der Waals surface area contributed by atoms with E-state index in [0.29, 0.717) is 55.1 Å². The molecule has 2 saturated heterocycles.